The largest absolute Gasteiger partial charge is 0.493 e. The smallest absolute Gasteiger partial charge is 0.244 e. The van der Waals surface area contributed by atoms with Crippen LogP contribution >= 0.6 is 23.2 Å². The molecule has 25 heavy (non-hydrogen) atoms. The fourth-order valence-electron chi connectivity index (χ4n) is 2.23. The minimum atomic E-state index is -0.188. The first kappa shape index (κ1) is 19.2. The Morgan fingerprint density at radius 1 is 1.08 bits per heavy atom. The molecule has 0 heterocycles. The maximum Gasteiger partial charge on any atom is 0.244 e. The second-order valence-corrected chi connectivity index (χ2v) is 6.07. The lowest BCUT2D eigenvalue weighted by Crippen LogP contribution is -2.23. The molecule has 2 rings (SSSR count). The van der Waals surface area contributed by atoms with Crippen molar-refractivity contribution in [2.24, 2.45) is 0 Å². The second-order valence-electron chi connectivity index (χ2n) is 5.23. The lowest BCUT2D eigenvalue weighted by molar-refractivity contribution is -0.116. The Balaban J connectivity index is 1.87. The van der Waals surface area contributed by atoms with Gasteiger partial charge in [-0.1, -0.05) is 35.3 Å². The molecule has 2 aromatic carbocycles. The van der Waals surface area contributed by atoms with Crippen molar-refractivity contribution in [2.75, 3.05) is 20.8 Å². The van der Waals surface area contributed by atoms with E-state index in [1.807, 2.05) is 18.2 Å². The highest BCUT2D eigenvalue weighted by Crippen LogP contribution is 2.27. The minimum Gasteiger partial charge on any atom is -0.493 e. The zero-order chi connectivity index (χ0) is 18.2. The van der Waals surface area contributed by atoms with Crippen molar-refractivity contribution < 1.29 is 14.3 Å². The first-order valence-corrected chi connectivity index (χ1v) is 8.41. The Labute approximate surface area is 157 Å². The standard InChI is InChI=1S/C19H19Cl2NO3/c1-24-17-7-3-13(11-18(17)25-2)9-10-22-19(23)8-5-14-4-6-15(20)12-16(14)21/h3-8,11-12H,9-10H2,1-2H3,(H,22,23). The molecule has 0 aromatic heterocycles. The van der Waals surface area contributed by atoms with Crippen LogP contribution < -0.4 is 14.8 Å². The van der Waals surface area contributed by atoms with Gasteiger partial charge in [0.05, 0.1) is 14.2 Å². The van der Waals surface area contributed by atoms with Gasteiger partial charge in [0.2, 0.25) is 5.91 Å². The van der Waals surface area contributed by atoms with E-state index in [0.717, 1.165) is 11.1 Å². The lowest BCUT2D eigenvalue weighted by Gasteiger charge is -2.09. The molecule has 0 radical (unpaired) electrons. The normalized spacial score (nSPS) is 10.7. The number of methoxy groups -OCH3 is 2. The van der Waals surface area contributed by atoms with Crippen LogP contribution in [0, 0.1) is 0 Å². The van der Waals surface area contributed by atoms with Gasteiger partial charge in [-0.05, 0) is 47.9 Å². The van der Waals surface area contributed by atoms with Crippen LogP contribution in [0.4, 0.5) is 0 Å². The number of nitrogens with one attached hydrogen (secondary N) is 1. The van der Waals surface area contributed by atoms with Crippen LogP contribution in [0.3, 0.4) is 0 Å². The van der Waals surface area contributed by atoms with Gasteiger partial charge < -0.3 is 14.8 Å². The molecule has 132 valence electrons. The van der Waals surface area contributed by atoms with E-state index in [1.54, 1.807) is 38.5 Å². The average molecular weight is 380 g/mol. The summed E-state index contributed by atoms with van der Waals surface area (Å²) < 4.78 is 10.5. The Morgan fingerprint density at radius 2 is 1.84 bits per heavy atom. The number of hydrogen-bond donors (Lipinski definition) is 1. The van der Waals surface area contributed by atoms with Gasteiger partial charge in [-0.2, -0.15) is 0 Å². The predicted octanol–water partition coefficient (Wildman–Crippen LogP) is 4.38. The van der Waals surface area contributed by atoms with Crippen molar-refractivity contribution in [1.82, 2.24) is 5.32 Å². The zero-order valence-corrected chi connectivity index (χ0v) is 15.5. The Morgan fingerprint density at radius 3 is 2.52 bits per heavy atom. The number of benzene rings is 2. The van der Waals surface area contributed by atoms with Gasteiger partial charge in [-0.15, -0.1) is 0 Å². The summed E-state index contributed by atoms with van der Waals surface area (Å²) in [6, 6.07) is 10.8. The summed E-state index contributed by atoms with van der Waals surface area (Å²) in [5.41, 5.74) is 1.78. The maximum atomic E-state index is 11.9. The quantitative estimate of drug-likeness (QED) is 0.725. The summed E-state index contributed by atoms with van der Waals surface area (Å²) >= 11 is 11.9. The van der Waals surface area contributed by atoms with Crippen LogP contribution in [0.25, 0.3) is 6.08 Å². The number of ether oxygens (including phenoxy) is 2. The summed E-state index contributed by atoms with van der Waals surface area (Å²) in [7, 11) is 3.19. The van der Waals surface area contributed by atoms with Crippen LogP contribution in [0.5, 0.6) is 11.5 Å². The number of rotatable bonds is 7. The van der Waals surface area contributed by atoms with Crippen LogP contribution in [0.2, 0.25) is 10.0 Å². The molecule has 0 bridgehead atoms. The highest BCUT2D eigenvalue weighted by atomic mass is 35.5. The monoisotopic (exact) mass is 379 g/mol. The summed E-state index contributed by atoms with van der Waals surface area (Å²) in [4.78, 5) is 11.9. The molecule has 4 nitrogen and oxygen atoms in total. The molecule has 6 heteroatoms. The first-order chi connectivity index (χ1) is 12.0. The molecule has 0 saturated heterocycles. The van der Waals surface area contributed by atoms with Crippen molar-refractivity contribution >= 4 is 35.2 Å². The van der Waals surface area contributed by atoms with E-state index in [2.05, 4.69) is 5.32 Å². The molecule has 1 amide bonds. The lowest BCUT2D eigenvalue weighted by atomic mass is 10.1. The fourth-order valence-corrected chi connectivity index (χ4v) is 2.70. The number of hydrogen-bond acceptors (Lipinski definition) is 3. The predicted molar refractivity (Wildman–Crippen MR) is 102 cm³/mol. The molecule has 0 aliphatic carbocycles. The van der Waals surface area contributed by atoms with E-state index < -0.39 is 0 Å². The molecule has 2 aromatic rings. The van der Waals surface area contributed by atoms with Gasteiger partial charge in [-0.25, -0.2) is 0 Å². The van der Waals surface area contributed by atoms with Gasteiger partial charge in [-0.3, -0.25) is 4.79 Å². The van der Waals surface area contributed by atoms with E-state index in [0.29, 0.717) is 34.5 Å². The van der Waals surface area contributed by atoms with Crippen molar-refractivity contribution in [3.05, 3.63) is 63.6 Å². The third kappa shape index (κ3) is 5.69. The van der Waals surface area contributed by atoms with E-state index in [9.17, 15) is 4.79 Å². The summed E-state index contributed by atoms with van der Waals surface area (Å²) in [6.07, 6.45) is 3.79. The molecule has 0 unspecified atom stereocenters. The van der Waals surface area contributed by atoms with Crippen LogP contribution in [0.15, 0.2) is 42.5 Å². The molecule has 0 aliphatic heterocycles. The number of halogens is 2. The van der Waals surface area contributed by atoms with Gasteiger partial charge in [0.25, 0.3) is 0 Å². The summed E-state index contributed by atoms with van der Waals surface area (Å²) in [5, 5.41) is 3.89. The first-order valence-electron chi connectivity index (χ1n) is 7.65. The number of carbonyl (C=O) groups is 1. The van der Waals surface area contributed by atoms with Gasteiger partial charge in [0.1, 0.15) is 0 Å². The van der Waals surface area contributed by atoms with Crippen LogP contribution in [-0.2, 0) is 11.2 Å². The highest BCUT2D eigenvalue weighted by Gasteiger charge is 2.05. The van der Waals surface area contributed by atoms with Gasteiger partial charge in [0, 0.05) is 22.7 Å². The van der Waals surface area contributed by atoms with E-state index in [4.69, 9.17) is 32.7 Å². The Bertz CT molecular complexity index is 775. The van der Waals surface area contributed by atoms with Crippen molar-refractivity contribution in [1.29, 1.82) is 0 Å². The van der Waals surface area contributed by atoms with E-state index in [1.165, 1.54) is 6.08 Å². The maximum absolute atomic E-state index is 11.9. The highest BCUT2D eigenvalue weighted by molar-refractivity contribution is 6.35. The topological polar surface area (TPSA) is 47.6 Å². The molecule has 1 N–H and O–H groups in total. The molecule has 0 saturated carbocycles. The molecule has 0 atom stereocenters. The van der Waals surface area contributed by atoms with E-state index in [-0.39, 0.29) is 5.91 Å². The molecule has 0 spiro atoms. The van der Waals surface area contributed by atoms with Crippen molar-refractivity contribution in [3.8, 4) is 11.5 Å². The third-order valence-electron chi connectivity index (χ3n) is 3.54. The Kier molecular flexibility index (Phi) is 7.16. The number of carbonyl (C=O) groups excluding carboxylic acids is 1. The van der Waals surface area contributed by atoms with Crippen LogP contribution in [-0.4, -0.2) is 26.7 Å². The number of amides is 1. The average Bonchev–Trinajstić information content (AvgIpc) is 2.60. The third-order valence-corrected chi connectivity index (χ3v) is 4.10. The van der Waals surface area contributed by atoms with Crippen molar-refractivity contribution in [2.45, 2.75) is 6.42 Å². The molecular weight excluding hydrogens is 361 g/mol. The summed E-state index contributed by atoms with van der Waals surface area (Å²) in [5.74, 6) is 1.16. The van der Waals surface area contributed by atoms with Crippen LogP contribution in [0.1, 0.15) is 11.1 Å². The zero-order valence-electron chi connectivity index (χ0n) is 14.0. The van der Waals surface area contributed by atoms with Gasteiger partial charge in [0.15, 0.2) is 11.5 Å². The fraction of sp³-hybridized carbons (Fsp3) is 0.211. The van der Waals surface area contributed by atoms with E-state index >= 15 is 0 Å². The minimum absolute atomic E-state index is 0.188. The van der Waals surface area contributed by atoms with Crippen molar-refractivity contribution in [3.63, 3.8) is 0 Å². The Hall–Kier alpha value is -2.17. The molecule has 0 aliphatic rings. The second kappa shape index (κ2) is 9.35. The molecular formula is C19H19Cl2NO3. The molecule has 0 fully saturated rings. The van der Waals surface area contributed by atoms with Gasteiger partial charge >= 0.3 is 0 Å². The SMILES string of the molecule is COc1ccc(CCNC(=O)C=Cc2ccc(Cl)cc2Cl)cc1OC. The summed E-state index contributed by atoms with van der Waals surface area (Å²) in [6.45, 7) is 0.507.